The van der Waals surface area contributed by atoms with Gasteiger partial charge in [-0.2, -0.15) is 0 Å². The van der Waals surface area contributed by atoms with E-state index in [1.165, 1.54) is 16.7 Å². The Morgan fingerprint density at radius 1 is 1.05 bits per heavy atom. The minimum absolute atomic E-state index is 0.160. The molecule has 0 radical (unpaired) electrons. The quantitative estimate of drug-likeness (QED) is 0.881. The van der Waals surface area contributed by atoms with Crippen LogP contribution < -0.4 is 5.32 Å². The van der Waals surface area contributed by atoms with Crippen LogP contribution >= 0.6 is 0 Å². The van der Waals surface area contributed by atoms with E-state index in [1.54, 1.807) is 12.1 Å². The normalized spacial score (nSPS) is 15.9. The average Bonchev–Trinajstić information content (AvgIpc) is 2.93. The maximum atomic E-state index is 13.0. The number of rotatable bonds is 5. The fourth-order valence-corrected chi connectivity index (χ4v) is 3.42. The minimum atomic E-state index is -0.160. The Hall–Kier alpha value is -1.67. The molecule has 1 aliphatic carbocycles. The molecule has 21 heavy (non-hydrogen) atoms. The van der Waals surface area contributed by atoms with Crippen LogP contribution in [0.5, 0.6) is 0 Å². The standard InChI is InChI=1S/C19H22FN/c1-2-21-19(11-14-7-9-18(20)10-8-14)17-12-15-5-3-4-6-16(15)13-17/h3-10,17,19,21H,2,11-13H2,1H3. The van der Waals surface area contributed by atoms with E-state index in [9.17, 15) is 4.39 Å². The van der Waals surface area contributed by atoms with E-state index in [-0.39, 0.29) is 5.82 Å². The highest BCUT2D eigenvalue weighted by Gasteiger charge is 2.28. The van der Waals surface area contributed by atoms with Gasteiger partial charge in [-0.25, -0.2) is 4.39 Å². The molecule has 0 fully saturated rings. The summed E-state index contributed by atoms with van der Waals surface area (Å²) < 4.78 is 13.0. The number of hydrogen-bond donors (Lipinski definition) is 1. The molecule has 1 nitrogen and oxygen atoms in total. The summed E-state index contributed by atoms with van der Waals surface area (Å²) in [7, 11) is 0. The van der Waals surface area contributed by atoms with Crippen LogP contribution in [-0.4, -0.2) is 12.6 Å². The molecule has 0 heterocycles. The third kappa shape index (κ3) is 3.33. The van der Waals surface area contributed by atoms with Gasteiger partial charge in [-0.05, 0) is 60.5 Å². The van der Waals surface area contributed by atoms with Crippen molar-refractivity contribution in [2.24, 2.45) is 5.92 Å². The lowest BCUT2D eigenvalue weighted by atomic mass is 9.91. The van der Waals surface area contributed by atoms with Crippen molar-refractivity contribution >= 4 is 0 Å². The Bertz CT molecular complexity index is 566. The number of nitrogens with one attached hydrogen (secondary N) is 1. The SMILES string of the molecule is CCNC(Cc1ccc(F)cc1)C1Cc2ccccc2C1. The second kappa shape index (κ2) is 6.40. The molecule has 1 N–H and O–H groups in total. The van der Waals surface area contributed by atoms with E-state index in [0.29, 0.717) is 12.0 Å². The summed E-state index contributed by atoms with van der Waals surface area (Å²) in [5.74, 6) is 0.472. The molecule has 2 aromatic carbocycles. The zero-order valence-electron chi connectivity index (χ0n) is 12.5. The van der Waals surface area contributed by atoms with Crippen LogP contribution in [0.15, 0.2) is 48.5 Å². The summed E-state index contributed by atoms with van der Waals surface area (Å²) >= 11 is 0. The van der Waals surface area contributed by atoms with Crippen LogP contribution in [0.3, 0.4) is 0 Å². The Morgan fingerprint density at radius 3 is 2.24 bits per heavy atom. The summed E-state index contributed by atoms with van der Waals surface area (Å²) in [4.78, 5) is 0. The van der Waals surface area contributed by atoms with Crippen LogP contribution in [-0.2, 0) is 19.3 Å². The molecule has 0 saturated heterocycles. The first-order chi connectivity index (χ1) is 10.3. The summed E-state index contributed by atoms with van der Waals surface area (Å²) in [6, 6.07) is 16.1. The van der Waals surface area contributed by atoms with Crippen LogP contribution in [0.1, 0.15) is 23.6 Å². The Balaban J connectivity index is 1.72. The predicted octanol–water partition coefficient (Wildman–Crippen LogP) is 3.76. The van der Waals surface area contributed by atoms with Crippen molar-refractivity contribution in [3.63, 3.8) is 0 Å². The van der Waals surface area contributed by atoms with Gasteiger partial charge in [-0.1, -0.05) is 43.3 Å². The highest BCUT2D eigenvalue weighted by Crippen LogP contribution is 2.29. The van der Waals surface area contributed by atoms with Gasteiger partial charge in [0.25, 0.3) is 0 Å². The molecular formula is C19H22FN. The summed E-state index contributed by atoms with van der Waals surface area (Å²) in [6.45, 7) is 3.12. The van der Waals surface area contributed by atoms with Gasteiger partial charge >= 0.3 is 0 Å². The summed E-state index contributed by atoms with van der Waals surface area (Å²) in [5, 5.41) is 3.63. The van der Waals surface area contributed by atoms with Crippen molar-refractivity contribution in [2.45, 2.75) is 32.2 Å². The van der Waals surface area contributed by atoms with Gasteiger partial charge in [-0.15, -0.1) is 0 Å². The van der Waals surface area contributed by atoms with Gasteiger partial charge in [-0.3, -0.25) is 0 Å². The molecule has 2 aromatic rings. The maximum Gasteiger partial charge on any atom is 0.123 e. The molecule has 0 spiro atoms. The highest BCUT2D eigenvalue weighted by molar-refractivity contribution is 5.33. The van der Waals surface area contributed by atoms with Crippen LogP contribution in [0.2, 0.25) is 0 Å². The molecule has 0 aromatic heterocycles. The van der Waals surface area contributed by atoms with Crippen molar-refractivity contribution in [1.29, 1.82) is 0 Å². The zero-order valence-corrected chi connectivity index (χ0v) is 12.5. The Labute approximate surface area is 126 Å². The van der Waals surface area contributed by atoms with E-state index in [0.717, 1.165) is 25.8 Å². The van der Waals surface area contributed by atoms with Crippen LogP contribution in [0, 0.1) is 11.7 Å². The smallest absolute Gasteiger partial charge is 0.123 e. The topological polar surface area (TPSA) is 12.0 Å². The third-order valence-corrected chi connectivity index (χ3v) is 4.49. The predicted molar refractivity (Wildman–Crippen MR) is 84.9 cm³/mol. The van der Waals surface area contributed by atoms with Gasteiger partial charge in [0.05, 0.1) is 0 Å². The van der Waals surface area contributed by atoms with Gasteiger partial charge in [0.2, 0.25) is 0 Å². The first kappa shape index (κ1) is 14.3. The van der Waals surface area contributed by atoms with Crippen LogP contribution in [0.4, 0.5) is 4.39 Å². The molecule has 0 saturated carbocycles. The van der Waals surface area contributed by atoms with Crippen molar-refractivity contribution in [1.82, 2.24) is 5.32 Å². The second-order valence-electron chi connectivity index (χ2n) is 5.93. The molecule has 1 unspecified atom stereocenters. The molecule has 110 valence electrons. The largest absolute Gasteiger partial charge is 0.314 e. The first-order valence-electron chi connectivity index (χ1n) is 7.81. The molecule has 3 rings (SSSR count). The number of hydrogen-bond acceptors (Lipinski definition) is 1. The Kier molecular flexibility index (Phi) is 4.35. The van der Waals surface area contributed by atoms with Crippen LogP contribution in [0.25, 0.3) is 0 Å². The molecule has 2 heteroatoms. The lowest BCUT2D eigenvalue weighted by Crippen LogP contribution is -2.38. The molecule has 0 amide bonds. The molecule has 0 aliphatic heterocycles. The Morgan fingerprint density at radius 2 is 1.67 bits per heavy atom. The van der Waals surface area contributed by atoms with Gasteiger partial charge in [0.1, 0.15) is 5.82 Å². The zero-order chi connectivity index (χ0) is 14.7. The fourth-order valence-electron chi connectivity index (χ4n) is 3.42. The van der Waals surface area contributed by atoms with Gasteiger partial charge in [0.15, 0.2) is 0 Å². The molecule has 0 bridgehead atoms. The van der Waals surface area contributed by atoms with E-state index in [4.69, 9.17) is 0 Å². The lowest BCUT2D eigenvalue weighted by molar-refractivity contribution is 0.368. The van der Waals surface area contributed by atoms with E-state index < -0.39 is 0 Å². The summed E-state index contributed by atoms with van der Waals surface area (Å²) in [5.41, 5.74) is 4.19. The number of likely N-dealkylation sites (N-methyl/N-ethyl adjacent to an activating group) is 1. The molecule has 1 aliphatic rings. The van der Waals surface area contributed by atoms with Crippen molar-refractivity contribution in [2.75, 3.05) is 6.54 Å². The summed E-state index contributed by atoms with van der Waals surface area (Å²) in [6.07, 6.45) is 3.26. The van der Waals surface area contributed by atoms with Crippen molar-refractivity contribution in [3.8, 4) is 0 Å². The average molecular weight is 283 g/mol. The van der Waals surface area contributed by atoms with Crippen molar-refractivity contribution in [3.05, 3.63) is 71.0 Å². The van der Waals surface area contributed by atoms with Gasteiger partial charge in [0, 0.05) is 6.04 Å². The minimum Gasteiger partial charge on any atom is -0.314 e. The second-order valence-corrected chi connectivity index (χ2v) is 5.93. The molecular weight excluding hydrogens is 261 g/mol. The first-order valence-corrected chi connectivity index (χ1v) is 7.81. The van der Waals surface area contributed by atoms with E-state index in [2.05, 4.69) is 36.5 Å². The monoisotopic (exact) mass is 283 g/mol. The fraction of sp³-hybridized carbons (Fsp3) is 0.368. The van der Waals surface area contributed by atoms with E-state index >= 15 is 0 Å². The van der Waals surface area contributed by atoms with Crippen molar-refractivity contribution < 1.29 is 4.39 Å². The number of halogens is 1. The van der Waals surface area contributed by atoms with E-state index in [1.807, 2.05) is 12.1 Å². The van der Waals surface area contributed by atoms with Gasteiger partial charge < -0.3 is 5.32 Å². The highest BCUT2D eigenvalue weighted by atomic mass is 19.1. The number of benzene rings is 2. The maximum absolute atomic E-state index is 13.0. The molecule has 1 atom stereocenters. The third-order valence-electron chi connectivity index (χ3n) is 4.49. The lowest BCUT2D eigenvalue weighted by Gasteiger charge is -2.24. The number of fused-ring (bicyclic) bond motifs is 1.